The molecule has 0 aliphatic rings. The molecule has 0 aliphatic carbocycles. The number of ether oxygens (including phenoxy) is 1. The minimum Gasteiger partial charge on any atom is -0.495 e. The van der Waals surface area contributed by atoms with Gasteiger partial charge in [-0.3, -0.25) is 4.79 Å². The Labute approximate surface area is 87.5 Å². The van der Waals surface area contributed by atoms with Crippen LogP contribution in [0.5, 0.6) is 5.75 Å². The number of nitrogens with one attached hydrogen (secondary N) is 1. The molecule has 15 heavy (non-hydrogen) atoms. The topological polar surface area (TPSA) is 51.2 Å². The smallest absolute Gasteiger partial charge is 0.153 e. The van der Waals surface area contributed by atoms with Crippen molar-refractivity contribution < 1.29 is 13.9 Å². The highest BCUT2D eigenvalue weighted by atomic mass is 19.1. The van der Waals surface area contributed by atoms with Crippen molar-refractivity contribution in [2.45, 2.75) is 13.1 Å². The van der Waals surface area contributed by atoms with Crippen LogP contribution in [0.2, 0.25) is 0 Å². The van der Waals surface area contributed by atoms with E-state index in [0.29, 0.717) is 23.4 Å². The lowest BCUT2D eigenvalue weighted by atomic mass is 10.2. The second-order valence-electron chi connectivity index (χ2n) is 3.09. The number of aldehydes is 1. The molecule has 0 amide bonds. The summed E-state index contributed by atoms with van der Waals surface area (Å²) in [6.07, 6.45) is 1.13. The van der Waals surface area contributed by atoms with E-state index in [1.807, 2.05) is 0 Å². The summed E-state index contributed by atoms with van der Waals surface area (Å²) in [6.45, 7) is 1.55. The van der Waals surface area contributed by atoms with Crippen molar-refractivity contribution in [3.05, 3.63) is 17.8 Å². The first kappa shape index (κ1) is 11.4. The molecule has 0 saturated heterocycles. The Morgan fingerprint density at radius 3 is 3.00 bits per heavy atom. The summed E-state index contributed by atoms with van der Waals surface area (Å²) in [7, 11) is 1.49. The van der Waals surface area contributed by atoms with Gasteiger partial charge in [-0.15, -0.1) is 0 Å². The molecule has 0 fully saturated rings. The Balaban J connectivity index is 2.82. The van der Waals surface area contributed by atoms with Crippen molar-refractivity contribution in [3.63, 3.8) is 0 Å². The van der Waals surface area contributed by atoms with Gasteiger partial charge in [0.1, 0.15) is 17.7 Å². The normalized spacial score (nSPS) is 11.9. The van der Waals surface area contributed by atoms with Gasteiger partial charge in [0, 0.05) is 6.54 Å². The van der Waals surface area contributed by atoms with Gasteiger partial charge in [-0.1, -0.05) is 0 Å². The molecule has 0 aliphatic heterocycles. The molecule has 1 aromatic heterocycles. The van der Waals surface area contributed by atoms with E-state index >= 15 is 0 Å². The first-order chi connectivity index (χ1) is 7.17. The molecule has 0 bridgehead atoms. The highest BCUT2D eigenvalue weighted by molar-refractivity contribution is 5.83. The number of rotatable bonds is 5. The van der Waals surface area contributed by atoms with Gasteiger partial charge in [0.05, 0.1) is 18.9 Å². The summed E-state index contributed by atoms with van der Waals surface area (Å²) in [4.78, 5) is 14.7. The molecule has 4 nitrogen and oxygen atoms in total. The molecule has 1 unspecified atom stereocenters. The van der Waals surface area contributed by atoms with Gasteiger partial charge in [-0.2, -0.15) is 0 Å². The maximum absolute atomic E-state index is 12.6. The Hall–Kier alpha value is -1.65. The number of methoxy groups -OCH3 is 1. The van der Waals surface area contributed by atoms with Crippen LogP contribution >= 0.6 is 0 Å². The largest absolute Gasteiger partial charge is 0.495 e. The van der Waals surface area contributed by atoms with Crippen molar-refractivity contribution in [2.24, 2.45) is 0 Å². The van der Waals surface area contributed by atoms with Crippen LogP contribution < -0.4 is 10.1 Å². The highest BCUT2D eigenvalue weighted by Crippen LogP contribution is 2.17. The first-order valence-electron chi connectivity index (χ1n) is 4.54. The Morgan fingerprint density at radius 2 is 2.47 bits per heavy atom. The molecule has 1 atom stereocenters. The van der Waals surface area contributed by atoms with Crippen LogP contribution in [0.1, 0.15) is 17.3 Å². The second-order valence-corrected chi connectivity index (χ2v) is 3.09. The minimum atomic E-state index is -0.992. The quantitative estimate of drug-likeness (QED) is 0.754. The maximum atomic E-state index is 12.6. The van der Waals surface area contributed by atoms with E-state index in [4.69, 9.17) is 4.74 Å². The molecule has 0 spiro atoms. The van der Waals surface area contributed by atoms with E-state index < -0.39 is 6.17 Å². The summed E-state index contributed by atoms with van der Waals surface area (Å²) < 4.78 is 17.5. The molecular weight excluding hydrogens is 199 g/mol. The highest BCUT2D eigenvalue weighted by Gasteiger charge is 2.06. The standard InChI is InChI=1S/C10H13FN2O2/c1-7(11)4-12-10-8(6-14)3-9(15-2)5-13-10/h3,5-7H,4H2,1-2H3,(H,12,13). The van der Waals surface area contributed by atoms with Gasteiger partial charge in [-0.05, 0) is 13.0 Å². The number of halogens is 1. The van der Waals surface area contributed by atoms with Crippen LogP contribution in [-0.4, -0.2) is 31.1 Å². The van der Waals surface area contributed by atoms with Gasteiger partial charge in [0.15, 0.2) is 6.29 Å². The monoisotopic (exact) mass is 212 g/mol. The number of nitrogens with zero attached hydrogens (tertiary/aromatic N) is 1. The average Bonchev–Trinajstić information content (AvgIpc) is 2.25. The summed E-state index contributed by atoms with van der Waals surface area (Å²) in [5.41, 5.74) is 0.356. The predicted molar refractivity (Wildman–Crippen MR) is 55.2 cm³/mol. The number of hydrogen-bond acceptors (Lipinski definition) is 4. The molecule has 0 aromatic carbocycles. The predicted octanol–water partition coefficient (Wildman–Crippen LogP) is 1.67. The second kappa shape index (κ2) is 5.29. The zero-order valence-corrected chi connectivity index (χ0v) is 8.66. The van der Waals surface area contributed by atoms with Crippen molar-refractivity contribution >= 4 is 12.1 Å². The molecule has 82 valence electrons. The fraction of sp³-hybridized carbons (Fsp3) is 0.400. The number of carbonyl (C=O) groups is 1. The maximum Gasteiger partial charge on any atom is 0.153 e. The number of carbonyl (C=O) groups excluding carboxylic acids is 1. The van der Waals surface area contributed by atoms with Gasteiger partial charge in [0.25, 0.3) is 0 Å². The molecule has 1 rings (SSSR count). The summed E-state index contributed by atoms with van der Waals surface area (Å²) in [5, 5.41) is 2.74. The Morgan fingerprint density at radius 1 is 1.73 bits per heavy atom. The Bertz CT molecular complexity index is 342. The first-order valence-corrected chi connectivity index (χ1v) is 4.54. The summed E-state index contributed by atoms with van der Waals surface area (Å²) in [5.74, 6) is 0.867. The van der Waals surface area contributed by atoms with E-state index in [2.05, 4.69) is 10.3 Å². The third-order valence-corrected chi connectivity index (χ3v) is 1.81. The lowest BCUT2D eigenvalue weighted by molar-refractivity contribution is 0.112. The molecule has 0 saturated carbocycles. The molecule has 1 aromatic rings. The SMILES string of the molecule is COc1cnc(NCC(C)F)c(C=O)c1. The molecular formula is C10H13FN2O2. The zero-order chi connectivity index (χ0) is 11.3. The molecule has 5 heteroatoms. The fourth-order valence-corrected chi connectivity index (χ4v) is 1.05. The van der Waals surface area contributed by atoms with Crippen molar-refractivity contribution in [3.8, 4) is 5.75 Å². The lowest BCUT2D eigenvalue weighted by Crippen LogP contribution is -2.13. The number of anilines is 1. The number of aromatic nitrogens is 1. The van der Waals surface area contributed by atoms with Gasteiger partial charge >= 0.3 is 0 Å². The van der Waals surface area contributed by atoms with Crippen LogP contribution in [0.3, 0.4) is 0 Å². The van der Waals surface area contributed by atoms with E-state index in [1.54, 1.807) is 6.07 Å². The third kappa shape index (κ3) is 3.19. The average molecular weight is 212 g/mol. The molecule has 1 N–H and O–H groups in total. The number of alkyl halides is 1. The van der Waals surface area contributed by atoms with Gasteiger partial charge in [-0.25, -0.2) is 9.37 Å². The molecule has 1 heterocycles. The van der Waals surface area contributed by atoms with E-state index in [0.717, 1.165) is 0 Å². The number of pyridine rings is 1. The van der Waals surface area contributed by atoms with E-state index in [1.165, 1.54) is 20.2 Å². The summed E-state index contributed by atoms with van der Waals surface area (Å²) >= 11 is 0. The Kier molecular flexibility index (Phi) is 4.03. The molecule has 0 radical (unpaired) electrons. The van der Waals surface area contributed by atoms with Gasteiger partial charge in [0.2, 0.25) is 0 Å². The van der Waals surface area contributed by atoms with Crippen LogP contribution in [0.4, 0.5) is 10.2 Å². The zero-order valence-electron chi connectivity index (χ0n) is 8.66. The minimum absolute atomic E-state index is 0.125. The fourth-order valence-electron chi connectivity index (χ4n) is 1.05. The van der Waals surface area contributed by atoms with Crippen LogP contribution in [0.25, 0.3) is 0 Å². The van der Waals surface area contributed by atoms with Crippen LogP contribution in [-0.2, 0) is 0 Å². The van der Waals surface area contributed by atoms with E-state index in [9.17, 15) is 9.18 Å². The number of hydrogen-bond donors (Lipinski definition) is 1. The van der Waals surface area contributed by atoms with Crippen molar-refractivity contribution in [1.82, 2.24) is 4.98 Å². The van der Waals surface area contributed by atoms with E-state index in [-0.39, 0.29) is 6.54 Å². The lowest BCUT2D eigenvalue weighted by Gasteiger charge is -2.09. The van der Waals surface area contributed by atoms with Crippen molar-refractivity contribution in [2.75, 3.05) is 19.0 Å². The summed E-state index contributed by atoms with van der Waals surface area (Å²) in [6, 6.07) is 1.55. The van der Waals surface area contributed by atoms with Gasteiger partial charge < -0.3 is 10.1 Å². The van der Waals surface area contributed by atoms with Crippen molar-refractivity contribution in [1.29, 1.82) is 0 Å². The third-order valence-electron chi connectivity index (χ3n) is 1.81. The van der Waals surface area contributed by atoms with Crippen LogP contribution in [0, 0.1) is 0 Å². The van der Waals surface area contributed by atoms with Crippen LogP contribution in [0.15, 0.2) is 12.3 Å².